The van der Waals surface area contributed by atoms with Gasteiger partial charge in [-0.25, -0.2) is 4.79 Å². The van der Waals surface area contributed by atoms with Gasteiger partial charge in [0.05, 0.1) is 12.7 Å². The maximum Gasteiger partial charge on any atom is 0.339 e. The highest BCUT2D eigenvalue weighted by Crippen LogP contribution is 2.26. The van der Waals surface area contributed by atoms with Crippen LogP contribution in [-0.4, -0.2) is 24.0 Å². The number of carbonyl (C=O) groups is 2. The van der Waals surface area contributed by atoms with Gasteiger partial charge in [0, 0.05) is 11.4 Å². The molecule has 0 aliphatic heterocycles. The molecular weight excluding hydrogens is 348 g/mol. The van der Waals surface area contributed by atoms with Crippen LogP contribution in [0.25, 0.3) is 11.1 Å². The van der Waals surface area contributed by atoms with E-state index < -0.39 is 5.97 Å². The Hall–Kier alpha value is -2.86. The Kier molecular flexibility index (Phi) is 5.23. The number of amides is 1. The second-order valence-electron chi connectivity index (χ2n) is 5.87. The van der Waals surface area contributed by atoms with E-state index in [0.717, 1.165) is 11.1 Å². The molecule has 0 radical (unpaired) electrons. The summed E-state index contributed by atoms with van der Waals surface area (Å²) in [6.07, 6.45) is 0.603. The average Bonchev–Trinajstić information content (AvgIpc) is 3.29. The van der Waals surface area contributed by atoms with Crippen LogP contribution in [0, 0.1) is 6.92 Å². The molecule has 1 aromatic carbocycles. The van der Waals surface area contributed by atoms with Crippen LogP contribution >= 0.6 is 11.3 Å². The number of thiophene rings is 1. The first kappa shape index (κ1) is 17.9. The van der Waals surface area contributed by atoms with Crippen LogP contribution in [0.4, 0.5) is 5.69 Å². The normalized spacial score (nSPS) is 10.6. The minimum absolute atomic E-state index is 0.283. The molecule has 134 valence electrons. The van der Waals surface area contributed by atoms with E-state index in [1.165, 1.54) is 7.11 Å². The summed E-state index contributed by atoms with van der Waals surface area (Å²) in [5.74, 6) is -0.719. The number of anilines is 1. The first-order valence-corrected chi connectivity index (χ1v) is 9.23. The summed E-state index contributed by atoms with van der Waals surface area (Å²) >= 11 is 1.63. The zero-order valence-corrected chi connectivity index (χ0v) is 15.7. The van der Waals surface area contributed by atoms with E-state index in [2.05, 4.69) is 15.7 Å². The number of nitrogens with one attached hydrogen (secondary N) is 2. The topological polar surface area (TPSA) is 71.2 Å². The quantitative estimate of drug-likeness (QED) is 0.644. The van der Waals surface area contributed by atoms with Crippen molar-refractivity contribution in [3.05, 3.63) is 63.6 Å². The van der Waals surface area contributed by atoms with Gasteiger partial charge >= 0.3 is 5.97 Å². The molecule has 3 rings (SSSR count). The number of benzene rings is 1. The molecule has 2 N–H and O–H groups in total. The van der Waals surface area contributed by atoms with E-state index >= 15 is 0 Å². The summed E-state index contributed by atoms with van der Waals surface area (Å²) in [7, 11) is 1.34. The molecule has 2 heterocycles. The molecule has 0 saturated heterocycles. The number of aromatic nitrogens is 1. The van der Waals surface area contributed by atoms with Crippen LogP contribution in [0.3, 0.4) is 0 Å². The predicted octanol–water partition coefficient (Wildman–Crippen LogP) is 4.65. The van der Waals surface area contributed by atoms with E-state index in [4.69, 9.17) is 4.74 Å². The lowest BCUT2D eigenvalue weighted by Crippen LogP contribution is -2.14. The second kappa shape index (κ2) is 7.58. The molecule has 1 amide bonds. The number of carbonyl (C=O) groups excluding carboxylic acids is 2. The number of ether oxygens (including phenoxy) is 1. The molecule has 0 unspecified atom stereocenters. The third-order valence-corrected chi connectivity index (χ3v) is 4.96. The predicted molar refractivity (Wildman–Crippen MR) is 104 cm³/mol. The molecular formula is C20H20N2O3S. The molecule has 3 aromatic rings. The first-order chi connectivity index (χ1) is 12.5. The van der Waals surface area contributed by atoms with E-state index in [9.17, 15) is 9.59 Å². The largest absolute Gasteiger partial charge is 0.465 e. The number of hydrogen-bond acceptors (Lipinski definition) is 4. The van der Waals surface area contributed by atoms with Crippen molar-refractivity contribution in [2.75, 3.05) is 12.4 Å². The number of aromatic amines is 1. The van der Waals surface area contributed by atoms with Crippen molar-refractivity contribution < 1.29 is 14.3 Å². The van der Waals surface area contributed by atoms with Crippen molar-refractivity contribution in [3.8, 4) is 11.1 Å². The monoisotopic (exact) mass is 368 g/mol. The molecule has 0 atom stereocenters. The van der Waals surface area contributed by atoms with Gasteiger partial charge in [0.1, 0.15) is 5.69 Å². The first-order valence-electron chi connectivity index (χ1n) is 8.28. The number of methoxy groups -OCH3 is 1. The molecule has 0 fully saturated rings. The molecule has 0 saturated carbocycles. The van der Waals surface area contributed by atoms with Gasteiger partial charge in [0.2, 0.25) is 0 Å². The highest BCUT2D eigenvalue weighted by atomic mass is 32.1. The van der Waals surface area contributed by atoms with Crippen LogP contribution < -0.4 is 5.32 Å². The molecule has 5 nitrogen and oxygen atoms in total. The summed E-state index contributed by atoms with van der Waals surface area (Å²) in [4.78, 5) is 27.8. The maximum atomic E-state index is 12.7. The Morgan fingerprint density at radius 1 is 1.23 bits per heavy atom. The molecule has 0 aliphatic rings. The minimum atomic E-state index is -0.436. The molecule has 0 spiro atoms. The van der Waals surface area contributed by atoms with Gasteiger partial charge in [-0.1, -0.05) is 19.1 Å². The summed E-state index contributed by atoms with van der Waals surface area (Å²) < 4.78 is 4.84. The Bertz CT molecular complexity index is 942. The highest BCUT2D eigenvalue weighted by molar-refractivity contribution is 7.08. The summed E-state index contributed by atoms with van der Waals surface area (Å²) in [6, 6.07) is 9.72. The second-order valence-corrected chi connectivity index (χ2v) is 6.65. The van der Waals surface area contributed by atoms with Crippen molar-refractivity contribution in [1.29, 1.82) is 0 Å². The molecule has 26 heavy (non-hydrogen) atoms. The molecule has 0 aliphatic carbocycles. The number of H-pyrrole nitrogens is 1. The third kappa shape index (κ3) is 3.41. The SMILES string of the molecule is CCc1[nH]c(C(=O)Nc2cccc(-c3ccsc3)c2)c(C)c1C(=O)OC. The van der Waals surface area contributed by atoms with Crippen molar-refractivity contribution >= 4 is 28.9 Å². The van der Waals surface area contributed by atoms with Crippen molar-refractivity contribution in [2.24, 2.45) is 0 Å². The van der Waals surface area contributed by atoms with Crippen LogP contribution in [0.5, 0.6) is 0 Å². The zero-order chi connectivity index (χ0) is 18.7. The Morgan fingerprint density at radius 2 is 2.04 bits per heavy atom. The van der Waals surface area contributed by atoms with Gasteiger partial charge < -0.3 is 15.0 Å². The fourth-order valence-corrected chi connectivity index (χ4v) is 3.59. The van der Waals surface area contributed by atoms with Crippen LogP contribution in [0.15, 0.2) is 41.1 Å². The third-order valence-electron chi connectivity index (χ3n) is 4.27. The van der Waals surface area contributed by atoms with Crippen LogP contribution in [0.1, 0.15) is 39.0 Å². The highest BCUT2D eigenvalue weighted by Gasteiger charge is 2.23. The molecule has 2 aromatic heterocycles. The summed E-state index contributed by atoms with van der Waals surface area (Å²) in [6.45, 7) is 3.67. The Morgan fingerprint density at radius 3 is 2.69 bits per heavy atom. The van der Waals surface area contributed by atoms with Gasteiger partial charge in [0.15, 0.2) is 0 Å². The smallest absolute Gasteiger partial charge is 0.339 e. The molecule has 6 heteroatoms. The van der Waals surface area contributed by atoms with Crippen LogP contribution in [0.2, 0.25) is 0 Å². The number of aryl methyl sites for hydroxylation is 1. The summed E-state index contributed by atoms with van der Waals surface area (Å²) in [5.41, 5.74) is 4.97. The van der Waals surface area contributed by atoms with Crippen molar-refractivity contribution in [2.45, 2.75) is 20.3 Å². The fraction of sp³-hybridized carbons (Fsp3) is 0.200. The maximum absolute atomic E-state index is 12.7. The van der Waals surface area contributed by atoms with E-state index in [1.54, 1.807) is 18.3 Å². The van der Waals surface area contributed by atoms with Gasteiger partial charge in [-0.05, 0) is 59.0 Å². The van der Waals surface area contributed by atoms with E-state index in [0.29, 0.717) is 34.6 Å². The van der Waals surface area contributed by atoms with Gasteiger partial charge in [-0.15, -0.1) is 0 Å². The fourth-order valence-electron chi connectivity index (χ4n) is 2.93. The van der Waals surface area contributed by atoms with Gasteiger partial charge in [0.25, 0.3) is 5.91 Å². The van der Waals surface area contributed by atoms with Crippen LogP contribution in [-0.2, 0) is 11.2 Å². The number of rotatable bonds is 5. The minimum Gasteiger partial charge on any atom is -0.465 e. The lowest BCUT2D eigenvalue weighted by Gasteiger charge is -2.07. The Labute approximate surface area is 156 Å². The molecule has 0 bridgehead atoms. The Balaban J connectivity index is 1.88. The average molecular weight is 368 g/mol. The lowest BCUT2D eigenvalue weighted by atomic mass is 10.1. The zero-order valence-electron chi connectivity index (χ0n) is 14.9. The lowest BCUT2D eigenvalue weighted by molar-refractivity contribution is 0.0599. The van der Waals surface area contributed by atoms with Gasteiger partial charge in [-0.3, -0.25) is 4.79 Å². The number of esters is 1. The standard InChI is InChI=1S/C20H20N2O3S/c1-4-16-17(20(24)25-3)12(2)18(22-16)19(23)21-15-7-5-6-13(10-15)14-8-9-26-11-14/h5-11,22H,4H2,1-3H3,(H,21,23). The number of hydrogen-bond donors (Lipinski definition) is 2. The summed E-state index contributed by atoms with van der Waals surface area (Å²) in [5, 5.41) is 6.98. The van der Waals surface area contributed by atoms with Crippen molar-refractivity contribution in [3.63, 3.8) is 0 Å². The van der Waals surface area contributed by atoms with E-state index in [-0.39, 0.29) is 5.91 Å². The van der Waals surface area contributed by atoms with Crippen molar-refractivity contribution in [1.82, 2.24) is 4.98 Å². The van der Waals surface area contributed by atoms with Gasteiger partial charge in [-0.2, -0.15) is 11.3 Å². The van der Waals surface area contributed by atoms with E-state index in [1.807, 2.05) is 42.6 Å².